The molecule has 2 aromatic heterocycles. The first-order chi connectivity index (χ1) is 16.8. The van der Waals surface area contributed by atoms with Crippen molar-refractivity contribution >= 4 is 22.6 Å². The number of aromatic nitrogens is 2. The van der Waals surface area contributed by atoms with Gasteiger partial charge in [-0.05, 0) is 59.8 Å². The number of fused-ring (bicyclic) bond motifs is 1. The predicted octanol–water partition coefficient (Wildman–Crippen LogP) is 6.19. The average Bonchev–Trinajstić information content (AvgIpc) is 2.86. The van der Waals surface area contributed by atoms with Gasteiger partial charge in [0.15, 0.2) is 0 Å². The molecule has 9 heteroatoms. The van der Waals surface area contributed by atoms with Crippen molar-refractivity contribution in [1.29, 1.82) is 0 Å². The van der Waals surface area contributed by atoms with Crippen LogP contribution in [-0.4, -0.2) is 23.0 Å². The van der Waals surface area contributed by atoms with Crippen LogP contribution in [0.3, 0.4) is 0 Å². The molecule has 2 aromatic carbocycles. The maximum atomic E-state index is 12.8. The van der Waals surface area contributed by atoms with E-state index in [1.165, 1.54) is 19.2 Å². The number of ether oxygens (including phenoxy) is 2. The largest absolute Gasteiger partial charge is 0.472 e. The summed E-state index contributed by atoms with van der Waals surface area (Å²) in [5.41, 5.74) is 1.24. The molecule has 0 bridgehead atoms. The Kier molecular flexibility index (Phi) is 6.86. The molecule has 0 aliphatic rings. The molecule has 4 aromatic rings. The van der Waals surface area contributed by atoms with E-state index in [0.717, 1.165) is 23.1 Å². The third-order valence-corrected chi connectivity index (χ3v) is 5.48. The number of methoxy groups -OCH3 is 1. The molecule has 0 saturated carbocycles. The average molecular weight is 481 g/mol. The Labute approximate surface area is 199 Å². The minimum atomic E-state index is -4.39. The van der Waals surface area contributed by atoms with E-state index in [-0.39, 0.29) is 12.6 Å². The van der Waals surface area contributed by atoms with E-state index in [4.69, 9.17) is 9.47 Å². The highest BCUT2D eigenvalue weighted by molar-refractivity contribution is 5.95. The Balaban J connectivity index is 1.55. The lowest BCUT2D eigenvalue weighted by molar-refractivity contribution is -0.137. The minimum Gasteiger partial charge on any atom is -0.472 e. The van der Waals surface area contributed by atoms with Crippen molar-refractivity contribution in [3.8, 4) is 5.88 Å². The Bertz CT molecular complexity index is 1320. The normalized spacial score (nSPS) is 12.3. The minimum absolute atomic E-state index is 0.0448. The molecule has 0 saturated heterocycles. The molecule has 0 radical (unpaired) electrons. The summed E-state index contributed by atoms with van der Waals surface area (Å²) in [7, 11) is 1.33. The summed E-state index contributed by atoms with van der Waals surface area (Å²) in [6.45, 7) is 2.00. The van der Waals surface area contributed by atoms with E-state index >= 15 is 0 Å². The fourth-order valence-corrected chi connectivity index (χ4v) is 3.56. The van der Waals surface area contributed by atoms with E-state index in [9.17, 15) is 18.0 Å². The summed E-state index contributed by atoms with van der Waals surface area (Å²) in [6, 6.07) is 15.3. The number of rotatable bonds is 7. The molecule has 1 N–H and O–H groups in total. The Morgan fingerprint density at radius 2 is 1.63 bits per heavy atom. The van der Waals surface area contributed by atoms with Gasteiger partial charge in [0.1, 0.15) is 12.4 Å². The summed E-state index contributed by atoms with van der Waals surface area (Å²) in [5, 5.41) is 4.85. The number of nitrogens with zero attached hydrogens (tertiary/aromatic N) is 2. The molecule has 0 aliphatic heterocycles. The fourth-order valence-electron chi connectivity index (χ4n) is 3.56. The fraction of sp³-hybridized carbons (Fsp3) is 0.192. The Morgan fingerprint density at radius 1 is 0.971 bits per heavy atom. The summed E-state index contributed by atoms with van der Waals surface area (Å²) < 4.78 is 49.1. The van der Waals surface area contributed by atoms with Gasteiger partial charge in [0, 0.05) is 18.4 Å². The molecule has 0 unspecified atom stereocenters. The molecule has 0 aliphatic carbocycles. The number of carbonyl (C=O) groups excluding carboxylic acids is 1. The van der Waals surface area contributed by atoms with Crippen molar-refractivity contribution in [3.63, 3.8) is 0 Å². The van der Waals surface area contributed by atoms with Crippen molar-refractivity contribution in [3.05, 3.63) is 95.3 Å². The molecule has 0 spiro atoms. The Hall–Kier alpha value is -4.14. The number of pyridine rings is 2. The SMILES string of the molecule is COC(=O)c1ccc([C@H](C)Nc2nccc3ccnc(OCc4ccc(C(F)(F)F)cc4)c23)cc1. The van der Waals surface area contributed by atoms with Crippen molar-refractivity contribution in [2.24, 2.45) is 0 Å². The van der Waals surface area contributed by atoms with Gasteiger partial charge in [-0.1, -0.05) is 24.3 Å². The highest BCUT2D eigenvalue weighted by Crippen LogP contribution is 2.32. The third-order valence-electron chi connectivity index (χ3n) is 5.48. The number of esters is 1. The lowest BCUT2D eigenvalue weighted by Gasteiger charge is -2.18. The lowest BCUT2D eigenvalue weighted by Crippen LogP contribution is -2.10. The van der Waals surface area contributed by atoms with Crippen LogP contribution < -0.4 is 10.1 Å². The van der Waals surface area contributed by atoms with Gasteiger partial charge in [0.25, 0.3) is 0 Å². The molecule has 0 amide bonds. The van der Waals surface area contributed by atoms with Gasteiger partial charge >= 0.3 is 12.1 Å². The molecule has 180 valence electrons. The number of halogens is 3. The second-order valence-electron chi connectivity index (χ2n) is 7.84. The number of hydrogen-bond donors (Lipinski definition) is 1. The van der Waals surface area contributed by atoms with Crippen LogP contribution in [-0.2, 0) is 17.5 Å². The van der Waals surface area contributed by atoms with E-state index in [2.05, 4.69) is 15.3 Å². The van der Waals surface area contributed by atoms with Gasteiger partial charge in [0.05, 0.1) is 23.6 Å². The quantitative estimate of drug-likeness (QED) is 0.318. The van der Waals surface area contributed by atoms with Crippen LogP contribution in [0.25, 0.3) is 10.8 Å². The summed E-state index contributed by atoms with van der Waals surface area (Å²) in [5.74, 6) is 0.447. The monoisotopic (exact) mass is 481 g/mol. The maximum absolute atomic E-state index is 12.8. The summed E-state index contributed by atoms with van der Waals surface area (Å²) in [6.07, 6.45) is -1.13. The second kappa shape index (κ2) is 10.0. The molecule has 6 nitrogen and oxygen atoms in total. The number of benzene rings is 2. The van der Waals surface area contributed by atoms with Crippen LogP contribution in [0.2, 0.25) is 0 Å². The zero-order valence-corrected chi connectivity index (χ0v) is 19.0. The van der Waals surface area contributed by atoms with Gasteiger partial charge in [-0.25, -0.2) is 14.8 Å². The van der Waals surface area contributed by atoms with Crippen LogP contribution in [0, 0.1) is 0 Å². The molecule has 4 rings (SSSR count). The van der Waals surface area contributed by atoms with Crippen LogP contribution >= 0.6 is 0 Å². The van der Waals surface area contributed by atoms with Gasteiger partial charge in [0.2, 0.25) is 5.88 Å². The van der Waals surface area contributed by atoms with E-state index in [0.29, 0.717) is 28.2 Å². The van der Waals surface area contributed by atoms with Crippen LogP contribution in [0.5, 0.6) is 5.88 Å². The standard InChI is InChI=1S/C26H22F3N3O3/c1-16(18-5-7-20(8-6-18)25(33)34-2)32-23-22-19(11-13-30-23)12-14-31-24(22)35-15-17-3-9-21(10-4-17)26(27,28)29/h3-14,16H,15H2,1-2H3,(H,30,32)/t16-/m0/s1. The van der Waals surface area contributed by atoms with Gasteiger partial charge in [-0.3, -0.25) is 0 Å². The van der Waals surface area contributed by atoms with Gasteiger partial charge in [-0.15, -0.1) is 0 Å². The maximum Gasteiger partial charge on any atom is 0.416 e. The second-order valence-corrected chi connectivity index (χ2v) is 7.84. The zero-order chi connectivity index (χ0) is 25.0. The van der Waals surface area contributed by atoms with Crippen molar-refractivity contribution < 1.29 is 27.4 Å². The number of carbonyl (C=O) groups is 1. The first kappa shape index (κ1) is 24.0. The third kappa shape index (κ3) is 5.51. The molecule has 35 heavy (non-hydrogen) atoms. The van der Waals surface area contributed by atoms with Gasteiger partial charge in [-0.2, -0.15) is 13.2 Å². The van der Waals surface area contributed by atoms with Gasteiger partial charge < -0.3 is 14.8 Å². The van der Waals surface area contributed by atoms with Crippen molar-refractivity contribution in [2.75, 3.05) is 12.4 Å². The number of alkyl halides is 3. The summed E-state index contributed by atoms with van der Waals surface area (Å²) >= 11 is 0. The first-order valence-corrected chi connectivity index (χ1v) is 10.7. The smallest absolute Gasteiger partial charge is 0.416 e. The first-order valence-electron chi connectivity index (χ1n) is 10.7. The number of anilines is 1. The van der Waals surface area contributed by atoms with Crippen molar-refractivity contribution in [1.82, 2.24) is 9.97 Å². The zero-order valence-electron chi connectivity index (χ0n) is 19.0. The van der Waals surface area contributed by atoms with Crippen LogP contribution in [0.4, 0.5) is 19.0 Å². The number of hydrogen-bond acceptors (Lipinski definition) is 6. The van der Waals surface area contributed by atoms with Crippen LogP contribution in [0.1, 0.15) is 40.0 Å². The van der Waals surface area contributed by atoms with E-state index in [1.54, 1.807) is 24.5 Å². The Morgan fingerprint density at radius 3 is 2.26 bits per heavy atom. The molecule has 2 heterocycles. The highest BCUT2D eigenvalue weighted by atomic mass is 19.4. The molecular weight excluding hydrogens is 459 g/mol. The molecule has 0 fully saturated rings. The van der Waals surface area contributed by atoms with Crippen LogP contribution in [0.15, 0.2) is 73.1 Å². The van der Waals surface area contributed by atoms with Crippen molar-refractivity contribution in [2.45, 2.75) is 25.7 Å². The molecular formula is C26H22F3N3O3. The van der Waals surface area contributed by atoms with E-state index in [1.807, 2.05) is 31.2 Å². The highest BCUT2D eigenvalue weighted by Gasteiger charge is 2.29. The molecule has 1 atom stereocenters. The van der Waals surface area contributed by atoms with E-state index < -0.39 is 17.7 Å². The topological polar surface area (TPSA) is 73.3 Å². The number of nitrogens with one attached hydrogen (secondary N) is 1. The predicted molar refractivity (Wildman–Crippen MR) is 125 cm³/mol. The summed E-state index contributed by atoms with van der Waals surface area (Å²) in [4.78, 5) is 20.5. The lowest BCUT2D eigenvalue weighted by atomic mass is 10.1.